The van der Waals surface area contributed by atoms with Gasteiger partial charge in [-0.2, -0.15) is 0 Å². The first kappa shape index (κ1) is 22.9. The molecule has 0 saturated carbocycles. The molecule has 160 valence electrons. The van der Waals surface area contributed by atoms with Crippen LogP contribution in [0.5, 0.6) is 0 Å². The van der Waals surface area contributed by atoms with Gasteiger partial charge in [0.05, 0.1) is 0 Å². The lowest BCUT2D eigenvalue weighted by Crippen LogP contribution is -2.34. The Morgan fingerprint density at radius 2 is 1.60 bits per heavy atom. The second-order valence-corrected chi connectivity index (χ2v) is 7.93. The predicted molar refractivity (Wildman–Crippen MR) is 116 cm³/mol. The number of aryl methyl sites for hydroxylation is 1. The fourth-order valence-electron chi connectivity index (χ4n) is 2.58. The van der Waals surface area contributed by atoms with Crippen LogP contribution in [0.3, 0.4) is 0 Å². The third-order valence-electron chi connectivity index (χ3n) is 4.06. The van der Waals surface area contributed by atoms with Crippen LogP contribution < -0.4 is 16.0 Å². The molecule has 2 aromatic rings. The van der Waals surface area contributed by atoms with Crippen molar-refractivity contribution in [1.29, 1.82) is 0 Å². The number of nitrogens with one attached hydrogen (secondary N) is 3. The van der Waals surface area contributed by atoms with E-state index >= 15 is 0 Å². The maximum Gasteiger partial charge on any atom is 0.407 e. The van der Waals surface area contributed by atoms with Crippen LogP contribution in [0.2, 0.25) is 0 Å². The van der Waals surface area contributed by atoms with Crippen LogP contribution >= 0.6 is 0 Å². The second kappa shape index (κ2) is 10.4. The number of benzene rings is 2. The Hall–Kier alpha value is -3.35. The number of amides is 3. The summed E-state index contributed by atoms with van der Waals surface area (Å²) < 4.78 is 5.13. The molecular weight excluding hydrogens is 382 g/mol. The lowest BCUT2D eigenvalue weighted by molar-refractivity contribution is -0.116. The molecular formula is C23H29N3O4. The molecule has 0 spiro atoms. The Balaban J connectivity index is 1.85. The van der Waals surface area contributed by atoms with Gasteiger partial charge < -0.3 is 20.7 Å². The summed E-state index contributed by atoms with van der Waals surface area (Å²) in [6, 6.07) is 14.6. The Morgan fingerprint density at radius 1 is 0.933 bits per heavy atom. The van der Waals surface area contributed by atoms with Crippen molar-refractivity contribution in [3.05, 3.63) is 65.2 Å². The summed E-state index contributed by atoms with van der Waals surface area (Å²) in [4.78, 5) is 36.2. The van der Waals surface area contributed by atoms with Crippen molar-refractivity contribution < 1.29 is 19.1 Å². The van der Waals surface area contributed by atoms with Gasteiger partial charge in [-0.1, -0.05) is 35.9 Å². The zero-order chi connectivity index (χ0) is 22.1. The minimum Gasteiger partial charge on any atom is -0.444 e. The molecule has 0 aliphatic heterocycles. The Kier molecular flexibility index (Phi) is 7.98. The monoisotopic (exact) mass is 411 g/mol. The summed E-state index contributed by atoms with van der Waals surface area (Å²) in [6.45, 7) is 7.71. The molecule has 7 nitrogen and oxygen atoms in total. The highest BCUT2D eigenvalue weighted by Gasteiger charge is 2.16. The number of alkyl carbamates (subject to hydrolysis) is 1. The van der Waals surface area contributed by atoms with Crippen molar-refractivity contribution >= 4 is 23.6 Å². The van der Waals surface area contributed by atoms with Gasteiger partial charge >= 0.3 is 6.09 Å². The fraction of sp³-hybridized carbons (Fsp3) is 0.348. The maximum absolute atomic E-state index is 12.3. The molecule has 7 heteroatoms. The minimum atomic E-state index is -0.589. The molecule has 3 N–H and O–H groups in total. The summed E-state index contributed by atoms with van der Waals surface area (Å²) >= 11 is 0. The van der Waals surface area contributed by atoms with Gasteiger partial charge in [0.25, 0.3) is 5.91 Å². The molecule has 0 saturated heterocycles. The average molecular weight is 412 g/mol. The predicted octanol–water partition coefficient (Wildman–Crippen LogP) is 3.78. The molecule has 0 heterocycles. The van der Waals surface area contributed by atoms with Gasteiger partial charge in [0.1, 0.15) is 5.60 Å². The van der Waals surface area contributed by atoms with Crippen LogP contribution in [0.25, 0.3) is 0 Å². The van der Waals surface area contributed by atoms with Crippen molar-refractivity contribution in [3.63, 3.8) is 0 Å². The van der Waals surface area contributed by atoms with Crippen LogP contribution in [0, 0.1) is 6.92 Å². The second-order valence-electron chi connectivity index (χ2n) is 7.93. The van der Waals surface area contributed by atoms with E-state index in [1.54, 1.807) is 45.0 Å². The molecule has 0 aromatic heterocycles. The molecule has 0 aliphatic carbocycles. The van der Waals surface area contributed by atoms with Gasteiger partial charge in [0.2, 0.25) is 5.91 Å². The van der Waals surface area contributed by atoms with Gasteiger partial charge in [-0.05, 0) is 51.5 Å². The Morgan fingerprint density at radius 3 is 2.27 bits per heavy atom. The summed E-state index contributed by atoms with van der Waals surface area (Å²) in [5.41, 5.74) is 2.47. The van der Waals surface area contributed by atoms with E-state index in [-0.39, 0.29) is 31.3 Å². The number of carbonyl (C=O) groups is 3. The molecule has 0 aliphatic rings. The summed E-state index contributed by atoms with van der Waals surface area (Å²) in [5, 5.41) is 8.24. The molecule has 0 bridgehead atoms. The number of anilines is 1. The number of hydrogen-bond acceptors (Lipinski definition) is 4. The van der Waals surface area contributed by atoms with Crippen LogP contribution in [-0.4, -0.2) is 30.1 Å². The number of para-hydroxylation sites is 1. The van der Waals surface area contributed by atoms with Crippen molar-refractivity contribution in [2.24, 2.45) is 0 Å². The molecule has 2 aromatic carbocycles. The lowest BCUT2D eigenvalue weighted by atomic mass is 10.1. The standard InChI is InChI=1S/C23H29N3O4/c1-16-9-11-17(12-10-16)21(28)25-15-18-7-5-6-8-19(18)26-20(27)13-14-24-22(29)30-23(2,3)4/h5-12H,13-15H2,1-4H3,(H,24,29)(H,25,28)(H,26,27). The third-order valence-corrected chi connectivity index (χ3v) is 4.06. The molecule has 0 fully saturated rings. The third kappa shape index (κ3) is 7.95. The maximum atomic E-state index is 12.3. The normalized spacial score (nSPS) is 10.8. The smallest absolute Gasteiger partial charge is 0.407 e. The lowest BCUT2D eigenvalue weighted by Gasteiger charge is -2.19. The molecule has 3 amide bonds. The van der Waals surface area contributed by atoms with E-state index < -0.39 is 11.7 Å². The van der Waals surface area contributed by atoms with Gasteiger partial charge in [0.15, 0.2) is 0 Å². The number of ether oxygens (including phenoxy) is 1. The van der Waals surface area contributed by atoms with Crippen LogP contribution in [0.1, 0.15) is 48.7 Å². The molecule has 2 rings (SSSR count). The van der Waals surface area contributed by atoms with E-state index in [4.69, 9.17) is 4.74 Å². The molecule has 0 radical (unpaired) electrons. The van der Waals surface area contributed by atoms with Crippen molar-refractivity contribution in [3.8, 4) is 0 Å². The first-order valence-corrected chi connectivity index (χ1v) is 9.83. The van der Waals surface area contributed by atoms with Crippen LogP contribution in [-0.2, 0) is 16.1 Å². The number of hydrogen-bond donors (Lipinski definition) is 3. The zero-order valence-electron chi connectivity index (χ0n) is 17.9. The van der Waals surface area contributed by atoms with Gasteiger partial charge in [-0.15, -0.1) is 0 Å². The topological polar surface area (TPSA) is 96.5 Å². The average Bonchev–Trinajstić information content (AvgIpc) is 2.66. The first-order valence-electron chi connectivity index (χ1n) is 9.83. The summed E-state index contributed by atoms with van der Waals surface area (Å²) in [7, 11) is 0. The Bertz CT molecular complexity index is 886. The number of carbonyl (C=O) groups excluding carboxylic acids is 3. The largest absolute Gasteiger partial charge is 0.444 e. The molecule has 30 heavy (non-hydrogen) atoms. The first-order chi connectivity index (χ1) is 14.1. The van der Waals surface area contributed by atoms with E-state index in [0.29, 0.717) is 11.3 Å². The van der Waals surface area contributed by atoms with E-state index in [1.807, 2.05) is 31.2 Å². The zero-order valence-corrected chi connectivity index (χ0v) is 17.9. The Labute approximate surface area is 177 Å². The highest BCUT2D eigenvalue weighted by molar-refractivity contribution is 5.94. The molecule has 0 atom stereocenters. The quantitative estimate of drug-likeness (QED) is 0.646. The van der Waals surface area contributed by atoms with Gasteiger partial charge in [-0.3, -0.25) is 9.59 Å². The van der Waals surface area contributed by atoms with Crippen molar-refractivity contribution in [2.45, 2.75) is 46.3 Å². The molecule has 0 unspecified atom stereocenters. The highest BCUT2D eigenvalue weighted by Crippen LogP contribution is 2.15. The van der Waals surface area contributed by atoms with Gasteiger partial charge in [0, 0.05) is 30.8 Å². The summed E-state index contributed by atoms with van der Waals surface area (Å²) in [6.07, 6.45) is -0.460. The van der Waals surface area contributed by atoms with Gasteiger partial charge in [-0.25, -0.2) is 4.79 Å². The van der Waals surface area contributed by atoms with Crippen molar-refractivity contribution in [1.82, 2.24) is 10.6 Å². The van der Waals surface area contributed by atoms with E-state index in [1.165, 1.54) is 0 Å². The SMILES string of the molecule is Cc1ccc(C(=O)NCc2ccccc2NC(=O)CCNC(=O)OC(C)(C)C)cc1. The van der Waals surface area contributed by atoms with E-state index in [9.17, 15) is 14.4 Å². The highest BCUT2D eigenvalue weighted by atomic mass is 16.6. The van der Waals surface area contributed by atoms with Crippen molar-refractivity contribution in [2.75, 3.05) is 11.9 Å². The summed E-state index contributed by atoms with van der Waals surface area (Å²) in [5.74, 6) is -0.430. The fourth-order valence-corrected chi connectivity index (χ4v) is 2.58. The van der Waals surface area contributed by atoms with E-state index in [2.05, 4.69) is 16.0 Å². The van der Waals surface area contributed by atoms with Crippen LogP contribution in [0.4, 0.5) is 10.5 Å². The van der Waals surface area contributed by atoms with Crippen LogP contribution in [0.15, 0.2) is 48.5 Å². The minimum absolute atomic E-state index is 0.100. The number of rotatable bonds is 7. The van der Waals surface area contributed by atoms with E-state index in [0.717, 1.165) is 11.1 Å².